The zero-order valence-corrected chi connectivity index (χ0v) is 17.5. The van der Waals surface area contributed by atoms with Crippen molar-refractivity contribution in [1.82, 2.24) is 4.90 Å². The van der Waals surface area contributed by atoms with E-state index in [0.29, 0.717) is 5.56 Å². The van der Waals surface area contributed by atoms with Crippen LogP contribution in [0.15, 0.2) is 53.9 Å². The molecule has 2 aromatic carbocycles. The third-order valence-electron chi connectivity index (χ3n) is 5.09. The second-order valence-electron chi connectivity index (χ2n) is 6.88. The van der Waals surface area contributed by atoms with Gasteiger partial charge < -0.3 is 10.2 Å². The molecule has 1 aliphatic rings. The van der Waals surface area contributed by atoms with E-state index in [4.69, 9.17) is 0 Å². The van der Waals surface area contributed by atoms with Gasteiger partial charge in [-0.25, -0.2) is 8.78 Å². The highest BCUT2D eigenvalue weighted by molar-refractivity contribution is 7.10. The number of carbonyl (C=O) groups excluding carboxylic acids is 1. The van der Waals surface area contributed by atoms with Gasteiger partial charge in [0.25, 0.3) is 0 Å². The highest BCUT2D eigenvalue weighted by Crippen LogP contribution is 2.38. The molecule has 0 spiro atoms. The number of nitrogens with one attached hydrogen (secondary N) is 1. The van der Waals surface area contributed by atoms with E-state index in [2.05, 4.69) is 16.8 Å². The van der Waals surface area contributed by atoms with Crippen LogP contribution < -0.4 is 5.32 Å². The molecule has 1 N–H and O–H groups in total. The zero-order valence-electron chi connectivity index (χ0n) is 15.8. The molecule has 0 fully saturated rings. The molecule has 0 radical (unpaired) electrons. The predicted molar refractivity (Wildman–Crippen MR) is 115 cm³/mol. The van der Waals surface area contributed by atoms with E-state index in [1.807, 2.05) is 29.2 Å². The Morgan fingerprint density at radius 1 is 1.17 bits per heavy atom. The number of thiophene rings is 1. The Bertz CT molecular complexity index is 1010. The van der Waals surface area contributed by atoms with E-state index >= 15 is 0 Å². The Morgan fingerprint density at radius 3 is 2.62 bits per heavy atom. The summed E-state index contributed by atoms with van der Waals surface area (Å²) < 4.78 is 26.8. The minimum Gasteiger partial charge on any atom is -0.381 e. The topological polar surface area (TPSA) is 32.3 Å². The fourth-order valence-corrected chi connectivity index (χ4v) is 4.56. The number of halogens is 3. The molecule has 7 heteroatoms. The summed E-state index contributed by atoms with van der Waals surface area (Å²) in [6.45, 7) is 2.60. The summed E-state index contributed by atoms with van der Waals surface area (Å²) in [4.78, 5) is 15.4. The molecule has 0 bridgehead atoms. The van der Waals surface area contributed by atoms with Gasteiger partial charge in [0, 0.05) is 42.2 Å². The predicted octanol–water partition coefficient (Wildman–Crippen LogP) is 5.55. The van der Waals surface area contributed by atoms with Crippen LogP contribution in [0, 0.1) is 11.6 Å². The monoisotopic (exact) mass is 434 g/mol. The number of carbonyl (C=O) groups is 1. The molecular weight excluding hydrogens is 414 g/mol. The fourth-order valence-electron chi connectivity index (χ4n) is 3.66. The quantitative estimate of drug-likeness (QED) is 0.583. The molecule has 29 heavy (non-hydrogen) atoms. The van der Waals surface area contributed by atoms with Gasteiger partial charge in [0.2, 0.25) is 5.91 Å². The molecular formula is C22H21ClF2N2OS. The highest BCUT2D eigenvalue weighted by atomic mass is 35.5. The van der Waals surface area contributed by atoms with Gasteiger partial charge in [-0.05, 0) is 47.2 Å². The summed E-state index contributed by atoms with van der Waals surface area (Å²) >= 11 is 1.74. The first kappa shape index (κ1) is 21.3. The Labute approximate surface area is 178 Å². The van der Waals surface area contributed by atoms with Crippen LogP contribution in [-0.2, 0) is 17.8 Å². The van der Waals surface area contributed by atoms with Crippen molar-refractivity contribution in [2.75, 3.05) is 11.9 Å². The van der Waals surface area contributed by atoms with Gasteiger partial charge >= 0.3 is 0 Å². The molecule has 3 aromatic rings. The molecule has 1 amide bonds. The first-order chi connectivity index (χ1) is 13.5. The summed E-state index contributed by atoms with van der Waals surface area (Å²) in [5.74, 6) is -1.08. The molecule has 0 aliphatic carbocycles. The second-order valence-corrected chi connectivity index (χ2v) is 7.88. The van der Waals surface area contributed by atoms with Crippen LogP contribution in [0.5, 0.6) is 0 Å². The van der Waals surface area contributed by atoms with E-state index in [1.54, 1.807) is 18.3 Å². The van der Waals surface area contributed by atoms with Gasteiger partial charge in [-0.1, -0.05) is 18.2 Å². The van der Waals surface area contributed by atoms with Crippen molar-refractivity contribution >= 4 is 35.3 Å². The van der Waals surface area contributed by atoms with Gasteiger partial charge in [0.15, 0.2) is 0 Å². The molecule has 1 atom stereocenters. The zero-order chi connectivity index (χ0) is 19.7. The summed E-state index contributed by atoms with van der Waals surface area (Å²) in [6, 6.07) is 13.5. The maximum atomic E-state index is 13.8. The van der Waals surface area contributed by atoms with Crippen LogP contribution in [0.2, 0.25) is 0 Å². The molecule has 1 aromatic heterocycles. The maximum absolute atomic E-state index is 13.8. The van der Waals surface area contributed by atoms with Crippen LogP contribution in [-0.4, -0.2) is 17.4 Å². The van der Waals surface area contributed by atoms with Crippen molar-refractivity contribution in [3.05, 3.63) is 87.1 Å². The third-order valence-corrected chi connectivity index (χ3v) is 6.09. The van der Waals surface area contributed by atoms with E-state index in [0.717, 1.165) is 30.3 Å². The van der Waals surface area contributed by atoms with E-state index in [1.165, 1.54) is 22.6 Å². The molecule has 0 saturated carbocycles. The van der Waals surface area contributed by atoms with Gasteiger partial charge in [-0.3, -0.25) is 4.79 Å². The van der Waals surface area contributed by atoms with Crippen LogP contribution in [0.3, 0.4) is 0 Å². The number of fused-ring (bicyclic) bond motifs is 1. The van der Waals surface area contributed by atoms with Crippen molar-refractivity contribution in [1.29, 1.82) is 0 Å². The van der Waals surface area contributed by atoms with E-state index in [-0.39, 0.29) is 30.9 Å². The summed E-state index contributed by atoms with van der Waals surface area (Å²) in [5, 5.41) is 5.24. The van der Waals surface area contributed by atoms with Gasteiger partial charge in [-0.15, -0.1) is 23.7 Å². The Balaban J connectivity index is 0.00000240. The van der Waals surface area contributed by atoms with Gasteiger partial charge in [0.05, 0.1) is 6.04 Å². The maximum Gasteiger partial charge on any atom is 0.220 e. The Hall–Kier alpha value is -2.44. The number of anilines is 1. The number of nitrogens with zero attached hydrogens (tertiary/aromatic N) is 1. The summed E-state index contributed by atoms with van der Waals surface area (Å²) in [5.41, 5.74) is 3.49. The minimum atomic E-state index is -0.582. The van der Waals surface area contributed by atoms with Crippen molar-refractivity contribution < 1.29 is 13.6 Å². The minimum absolute atomic E-state index is 0. The van der Waals surface area contributed by atoms with Gasteiger partial charge in [-0.2, -0.15) is 0 Å². The van der Waals surface area contributed by atoms with E-state index < -0.39 is 11.6 Å². The summed E-state index contributed by atoms with van der Waals surface area (Å²) in [6.07, 6.45) is 0.895. The normalized spacial score (nSPS) is 15.4. The lowest BCUT2D eigenvalue weighted by atomic mass is 9.93. The van der Waals surface area contributed by atoms with Crippen LogP contribution >= 0.6 is 23.7 Å². The number of benzene rings is 2. The van der Waals surface area contributed by atoms with Crippen LogP contribution in [0.1, 0.15) is 34.5 Å². The SMILES string of the molecule is CC(=O)N1CCc2sccc2C1c1ccc(NCc2ccc(F)cc2F)cc1.Cl. The van der Waals surface area contributed by atoms with Crippen molar-refractivity contribution in [2.45, 2.75) is 25.9 Å². The number of amides is 1. The molecule has 3 nitrogen and oxygen atoms in total. The average molecular weight is 435 g/mol. The smallest absolute Gasteiger partial charge is 0.220 e. The largest absolute Gasteiger partial charge is 0.381 e. The Kier molecular flexibility index (Phi) is 6.55. The molecule has 1 aliphatic heterocycles. The van der Waals surface area contributed by atoms with E-state index in [9.17, 15) is 13.6 Å². The van der Waals surface area contributed by atoms with Gasteiger partial charge in [0.1, 0.15) is 11.6 Å². The molecule has 152 valence electrons. The number of hydrogen-bond donors (Lipinski definition) is 1. The van der Waals surface area contributed by atoms with Crippen LogP contribution in [0.4, 0.5) is 14.5 Å². The molecule has 4 rings (SSSR count). The fraction of sp³-hybridized carbons (Fsp3) is 0.227. The van der Waals surface area contributed by atoms with Crippen LogP contribution in [0.25, 0.3) is 0 Å². The molecule has 2 heterocycles. The highest BCUT2D eigenvalue weighted by Gasteiger charge is 2.31. The Morgan fingerprint density at radius 2 is 1.93 bits per heavy atom. The standard InChI is InChI=1S/C22H20F2N2OS.ClH/c1-14(27)26-10-8-21-19(9-11-28-21)22(26)15-3-6-18(7-4-15)25-13-16-2-5-17(23)12-20(16)24;/h2-7,9,11-12,22,25H,8,10,13H2,1H3;1H. The number of rotatable bonds is 4. The molecule has 1 unspecified atom stereocenters. The van der Waals surface area contributed by atoms with Crippen molar-refractivity contribution in [3.8, 4) is 0 Å². The van der Waals surface area contributed by atoms with Crippen molar-refractivity contribution in [2.24, 2.45) is 0 Å². The lowest BCUT2D eigenvalue weighted by molar-refractivity contribution is -0.130. The first-order valence-corrected chi connectivity index (χ1v) is 10.0. The number of hydrogen-bond acceptors (Lipinski definition) is 3. The first-order valence-electron chi connectivity index (χ1n) is 9.14. The molecule has 0 saturated heterocycles. The summed E-state index contributed by atoms with van der Waals surface area (Å²) in [7, 11) is 0. The lowest BCUT2D eigenvalue weighted by Crippen LogP contribution is -2.38. The average Bonchev–Trinajstić information content (AvgIpc) is 3.16. The van der Waals surface area contributed by atoms with Crippen molar-refractivity contribution in [3.63, 3.8) is 0 Å². The second kappa shape index (κ2) is 8.93. The lowest BCUT2D eigenvalue weighted by Gasteiger charge is -2.35. The third kappa shape index (κ3) is 4.43.